The SMILES string of the molecule is CN(CCOCCN)CC(N)=O. The van der Waals surface area contributed by atoms with Crippen LogP contribution in [-0.2, 0) is 9.53 Å². The van der Waals surface area contributed by atoms with Gasteiger partial charge in [0, 0.05) is 13.1 Å². The average molecular weight is 175 g/mol. The number of carbonyl (C=O) groups is 1. The van der Waals surface area contributed by atoms with Crippen molar-refractivity contribution < 1.29 is 9.53 Å². The van der Waals surface area contributed by atoms with E-state index < -0.39 is 0 Å². The number of ether oxygens (including phenoxy) is 1. The van der Waals surface area contributed by atoms with Gasteiger partial charge in [-0.1, -0.05) is 0 Å². The predicted octanol–water partition coefficient (Wildman–Crippen LogP) is -1.62. The van der Waals surface area contributed by atoms with Gasteiger partial charge < -0.3 is 16.2 Å². The summed E-state index contributed by atoms with van der Waals surface area (Å²) in [6.07, 6.45) is 0. The number of rotatable bonds is 7. The Morgan fingerprint density at radius 2 is 2.17 bits per heavy atom. The lowest BCUT2D eigenvalue weighted by molar-refractivity contribution is -0.119. The quantitative estimate of drug-likeness (QED) is 0.456. The number of carbonyl (C=O) groups excluding carboxylic acids is 1. The normalized spacial score (nSPS) is 10.6. The maximum absolute atomic E-state index is 10.4. The van der Waals surface area contributed by atoms with E-state index in [4.69, 9.17) is 16.2 Å². The van der Waals surface area contributed by atoms with Crippen LogP contribution in [0.15, 0.2) is 0 Å². The molecule has 0 unspecified atom stereocenters. The molecule has 0 fully saturated rings. The minimum absolute atomic E-state index is 0.270. The third kappa shape index (κ3) is 7.46. The average Bonchev–Trinajstić information content (AvgIpc) is 1.97. The second-order valence-corrected chi connectivity index (χ2v) is 2.61. The van der Waals surface area contributed by atoms with Crippen LogP contribution in [0.4, 0.5) is 0 Å². The van der Waals surface area contributed by atoms with Crippen LogP contribution in [0, 0.1) is 0 Å². The Morgan fingerprint density at radius 1 is 1.50 bits per heavy atom. The van der Waals surface area contributed by atoms with Gasteiger partial charge in [0.15, 0.2) is 0 Å². The molecule has 5 heteroatoms. The van der Waals surface area contributed by atoms with Crippen molar-refractivity contribution in [3.63, 3.8) is 0 Å². The van der Waals surface area contributed by atoms with Crippen LogP contribution in [0.25, 0.3) is 0 Å². The van der Waals surface area contributed by atoms with E-state index in [9.17, 15) is 4.79 Å². The van der Waals surface area contributed by atoms with Crippen molar-refractivity contribution in [2.45, 2.75) is 0 Å². The van der Waals surface area contributed by atoms with Crippen LogP contribution in [-0.4, -0.2) is 50.7 Å². The van der Waals surface area contributed by atoms with Crippen molar-refractivity contribution in [1.82, 2.24) is 4.90 Å². The van der Waals surface area contributed by atoms with Crippen molar-refractivity contribution >= 4 is 5.91 Å². The second kappa shape index (κ2) is 7.02. The summed E-state index contributed by atoms with van der Waals surface area (Å²) < 4.78 is 5.12. The van der Waals surface area contributed by atoms with E-state index in [1.165, 1.54) is 0 Å². The summed E-state index contributed by atoms with van der Waals surface area (Å²) in [5.74, 6) is -0.323. The molecular weight excluding hydrogens is 158 g/mol. The summed E-state index contributed by atoms with van der Waals surface area (Å²) in [5, 5.41) is 0. The van der Waals surface area contributed by atoms with Crippen molar-refractivity contribution in [1.29, 1.82) is 0 Å². The number of likely N-dealkylation sites (N-methyl/N-ethyl adjacent to an activating group) is 1. The summed E-state index contributed by atoms with van der Waals surface area (Å²) >= 11 is 0. The first-order chi connectivity index (χ1) is 5.66. The number of hydrogen-bond donors (Lipinski definition) is 2. The molecule has 0 bridgehead atoms. The molecule has 0 heterocycles. The molecule has 0 aromatic carbocycles. The van der Waals surface area contributed by atoms with Gasteiger partial charge in [0.25, 0.3) is 0 Å². The van der Waals surface area contributed by atoms with Gasteiger partial charge in [0.1, 0.15) is 0 Å². The number of nitrogens with zero attached hydrogens (tertiary/aromatic N) is 1. The lowest BCUT2D eigenvalue weighted by Crippen LogP contribution is -2.33. The molecule has 0 aromatic heterocycles. The van der Waals surface area contributed by atoms with Crippen LogP contribution in [0.5, 0.6) is 0 Å². The lowest BCUT2D eigenvalue weighted by atomic mass is 10.5. The molecule has 72 valence electrons. The molecule has 5 nitrogen and oxygen atoms in total. The highest BCUT2D eigenvalue weighted by Gasteiger charge is 2.00. The summed E-state index contributed by atoms with van der Waals surface area (Å²) in [6, 6.07) is 0. The van der Waals surface area contributed by atoms with E-state index in [1.807, 2.05) is 7.05 Å². The standard InChI is InChI=1S/C7H17N3O2/c1-10(6-7(9)11)3-5-12-4-2-8/h2-6,8H2,1H3,(H2,9,11). The monoisotopic (exact) mass is 175 g/mol. The molecule has 0 saturated carbocycles. The molecule has 0 aliphatic carbocycles. The van der Waals surface area contributed by atoms with Crippen LogP contribution in [0.1, 0.15) is 0 Å². The van der Waals surface area contributed by atoms with Gasteiger partial charge in [-0.2, -0.15) is 0 Å². The number of primary amides is 1. The minimum atomic E-state index is -0.323. The van der Waals surface area contributed by atoms with Crippen LogP contribution < -0.4 is 11.5 Å². The Bertz CT molecular complexity index is 130. The smallest absolute Gasteiger partial charge is 0.231 e. The minimum Gasteiger partial charge on any atom is -0.379 e. The first-order valence-corrected chi connectivity index (χ1v) is 3.91. The highest BCUT2D eigenvalue weighted by molar-refractivity contribution is 5.75. The summed E-state index contributed by atoms with van der Waals surface area (Å²) in [5.41, 5.74) is 10.2. The highest BCUT2D eigenvalue weighted by Crippen LogP contribution is 1.81. The van der Waals surface area contributed by atoms with Crippen LogP contribution in [0.2, 0.25) is 0 Å². The highest BCUT2D eigenvalue weighted by atomic mass is 16.5. The van der Waals surface area contributed by atoms with Gasteiger partial charge >= 0.3 is 0 Å². The second-order valence-electron chi connectivity index (χ2n) is 2.61. The Kier molecular flexibility index (Phi) is 6.64. The van der Waals surface area contributed by atoms with Crippen LogP contribution in [0.3, 0.4) is 0 Å². The van der Waals surface area contributed by atoms with Gasteiger partial charge in [-0.3, -0.25) is 9.69 Å². The largest absolute Gasteiger partial charge is 0.379 e. The van der Waals surface area contributed by atoms with Crippen molar-refractivity contribution in [3.8, 4) is 0 Å². The van der Waals surface area contributed by atoms with E-state index in [2.05, 4.69) is 0 Å². The predicted molar refractivity (Wildman–Crippen MR) is 46.6 cm³/mol. The van der Waals surface area contributed by atoms with Crippen LogP contribution >= 0.6 is 0 Å². The van der Waals surface area contributed by atoms with Gasteiger partial charge in [-0.25, -0.2) is 0 Å². The first kappa shape index (κ1) is 11.4. The summed E-state index contributed by atoms with van der Waals surface area (Å²) in [7, 11) is 1.82. The topological polar surface area (TPSA) is 81.6 Å². The van der Waals surface area contributed by atoms with E-state index in [0.717, 1.165) is 0 Å². The fraction of sp³-hybridized carbons (Fsp3) is 0.857. The fourth-order valence-corrected chi connectivity index (χ4v) is 0.751. The maximum Gasteiger partial charge on any atom is 0.231 e. The molecule has 0 aliphatic heterocycles. The molecule has 0 saturated heterocycles. The molecule has 12 heavy (non-hydrogen) atoms. The summed E-state index contributed by atoms with van der Waals surface area (Å²) in [6.45, 7) is 2.64. The number of nitrogens with two attached hydrogens (primary N) is 2. The third-order valence-corrected chi connectivity index (χ3v) is 1.31. The number of hydrogen-bond acceptors (Lipinski definition) is 4. The zero-order valence-electron chi connectivity index (χ0n) is 7.45. The van der Waals surface area contributed by atoms with E-state index in [0.29, 0.717) is 26.3 Å². The molecule has 0 radical (unpaired) electrons. The van der Waals surface area contributed by atoms with Gasteiger partial charge in [0.05, 0.1) is 19.8 Å². The molecule has 0 atom stereocenters. The molecule has 4 N–H and O–H groups in total. The third-order valence-electron chi connectivity index (χ3n) is 1.31. The first-order valence-electron chi connectivity index (χ1n) is 3.91. The van der Waals surface area contributed by atoms with Gasteiger partial charge in [-0.05, 0) is 7.05 Å². The molecule has 0 aliphatic rings. The zero-order valence-corrected chi connectivity index (χ0v) is 7.45. The van der Waals surface area contributed by atoms with Gasteiger partial charge in [0.2, 0.25) is 5.91 Å². The number of amides is 1. The van der Waals surface area contributed by atoms with Crippen molar-refractivity contribution in [2.75, 3.05) is 39.9 Å². The molecule has 0 rings (SSSR count). The maximum atomic E-state index is 10.4. The van der Waals surface area contributed by atoms with Crippen molar-refractivity contribution in [3.05, 3.63) is 0 Å². The van der Waals surface area contributed by atoms with E-state index in [-0.39, 0.29) is 12.5 Å². The summed E-state index contributed by atoms with van der Waals surface area (Å²) in [4.78, 5) is 12.2. The Hall–Kier alpha value is -0.650. The molecule has 1 amide bonds. The molecule has 0 spiro atoms. The molecule has 0 aromatic rings. The zero-order chi connectivity index (χ0) is 9.40. The molecular formula is C7H17N3O2. The van der Waals surface area contributed by atoms with Gasteiger partial charge in [-0.15, -0.1) is 0 Å². The Balaban J connectivity index is 3.19. The van der Waals surface area contributed by atoms with E-state index in [1.54, 1.807) is 4.90 Å². The Morgan fingerprint density at radius 3 is 2.67 bits per heavy atom. The van der Waals surface area contributed by atoms with E-state index >= 15 is 0 Å². The fourth-order valence-electron chi connectivity index (χ4n) is 0.751. The Labute approximate surface area is 72.6 Å². The lowest BCUT2D eigenvalue weighted by Gasteiger charge is -2.13. The van der Waals surface area contributed by atoms with Crippen molar-refractivity contribution in [2.24, 2.45) is 11.5 Å².